The van der Waals surface area contributed by atoms with Crippen LogP contribution in [0.1, 0.15) is 34.0 Å². The zero-order chi connectivity index (χ0) is 16.5. The van der Waals surface area contributed by atoms with Crippen molar-refractivity contribution in [2.75, 3.05) is 6.54 Å². The number of nitrogens with zero attached hydrogens (tertiary/aromatic N) is 2. The Morgan fingerprint density at radius 1 is 1.33 bits per heavy atom. The van der Waals surface area contributed by atoms with Gasteiger partial charge >= 0.3 is 0 Å². The van der Waals surface area contributed by atoms with Gasteiger partial charge in [0, 0.05) is 18.7 Å². The van der Waals surface area contributed by atoms with E-state index in [1.807, 2.05) is 24.3 Å². The van der Waals surface area contributed by atoms with Gasteiger partial charge in [0.2, 0.25) is 0 Å². The number of hydrogen-bond donors (Lipinski definition) is 2. The predicted octanol–water partition coefficient (Wildman–Crippen LogP) is 2.75. The van der Waals surface area contributed by atoms with E-state index in [9.17, 15) is 9.90 Å². The SMILES string of the molecule is O=C(c1cn[nH]c1-c1ccoc1)N1CCC(O)c2ccccc2C1. The van der Waals surface area contributed by atoms with E-state index in [0.29, 0.717) is 30.8 Å². The first-order valence-corrected chi connectivity index (χ1v) is 7.85. The standard InChI is InChI=1S/C18H17N3O3/c22-16-5-7-21(10-12-3-1-2-4-14(12)16)18(23)15-9-19-20-17(15)13-6-8-24-11-13/h1-4,6,8-9,11,16,22H,5,7,10H2,(H,19,20). The molecule has 1 atom stereocenters. The number of hydrogen-bond acceptors (Lipinski definition) is 4. The number of furan rings is 1. The minimum absolute atomic E-state index is 0.108. The number of nitrogens with one attached hydrogen (secondary N) is 1. The van der Waals surface area contributed by atoms with Gasteiger partial charge in [-0.25, -0.2) is 0 Å². The minimum atomic E-state index is -0.545. The second-order valence-electron chi connectivity index (χ2n) is 5.90. The van der Waals surface area contributed by atoms with Crippen LogP contribution in [0.4, 0.5) is 0 Å². The number of aromatic amines is 1. The second kappa shape index (κ2) is 5.98. The highest BCUT2D eigenvalue weighted by Gasteiger charge is 2.26. The van der Waals surface area contributed by atoms with Crippen LogP contribution in [0.2, 0.25) is 0 Å². The highest BCUT2D eigenvalue weighted by Crippen LogP contribution is 2.29. The largest absolute Gasteiger partial charge is 0.472 e. The molecule has 1 aliphatic rings. The Labute approximate surface area is 138 Å². The Bertz CT molecular complexity index is 854. The number of benzene rings is 1. The van der Waals surface area contributed by atoms with Crippen molar-refractivity contribution in [3.8, 4) is 11.3 Å². The molecule has 0 spiro atoms. The van der Waals surface area contributed by atoms with Crippen LogP contribution >= 0.6 is 0 Å². The van der Waals surface area contributed by atoms with Crippen molar-refractivity contribution in [3.63, 3.8) is 0 Å². The lowest BCUT2D eigenvalue weighted by atomic mass is 10.0. The van der Waals surface area contributed by atoms with Crippen molar-refractivity contribution in [2.45, 2.75) is 19.1 Å². The molecule has 6 nitrogen and oxygen atoms in total. The fraction of sp³-hybridized carbons (Fsp3) is 0.222. The average molecular weight is 323 g/mol. The van der Waals surface area contributed by atoms with Gasteiger partial charge in [-0.2, -0.15) is 5.10 Å². The van der Waals surface area contributed by atoms with Crippen LogP contribution < -0.4 is 0 Å². The summed E-state index contributed by atoms with van der Waals surface area (Å²) in [6.45, 7) is 0.965. The summed E-state index contributed by atoms with van der Waals surface area (Å²) in [7, 11) is 0. The fourth-order valence-electron chi connectivity index (χ4n) is 3.14. The van der Waals surface area contributed by atoms with E-state index in [4.69, 9.17) is 4.42 Å². The first kappa shape index (κ1) is 14.7. The quantitative estimate of drug-likeness (QED) is 0.760. The van der Waals surface area contributed by atoms with Gasteiger partial charge in [-0.15, -0.1) is 0 Å². The van der Waals surface area contributed by atoms with Gasteiger partial charge in [0.05, 0.1) is 36.1 Å². The maximum absolute atomic E-state index is 13.0. The molecule has 1 aliphatic heterocycles. The number of rotatable bonds is 2. The molecule has 1 aromatic carbocycles. The first-order chi connectivity index (χ1) is 11.7. The summed E-state index contributed by atoms with van der Waals surface area (Å²) >= 11 is 0. The Balaban J connectivity index is 1.66. The number of fused-ring (bicyclic) bond motifs is 1. The molecule has 0 fully saturated rings. The van der Waals surface area contributed by atoms with E-state index < -0.39 is 6.10 Å². The zero-order valence-electron chi connectivity index (χ0n) is 13.0. The zero-order valence-corrected chi connectivity index (χ0v) is 13.0. The summed E-state index contributed by atoms with van der Waals surface area (Å²) in [5.74, 6) is -0.108. The third-order valence-electron chi connectivity index (χ3n) is 4.41. The van der Waals surface area contributed by atoms with Crippen LogP contribution in [-0.2, 0) is 6.54 Å². The van der Waals surface area contributed by atoms with Crippen LogP contribution in [0.25, 0.3) is 11.3 Å². The van der Waals surface area contributed by atoms with E-state index in [2.05, 4.69) is 10.2 Å². The molecule has 0 bridgehead atoms. The summed E-state index contributed by atoms with van der Waals surface area (Å²) in [5, 5.41) is 17.2. The van der Waals surface area contributed by atoms with Crippen LogP contribution in [-0.4, -0.2) is 32.7 Å². The number of aliphatic hydroxyl groups excluding tert-OH is 1. The maximum atomic E-state index is 13.0. The smallest absolute Gasteiger partial charge is 0.257 e. The minimum Gasteiger partial charge on any atom is -0.472 e. The second-order valence-corrected chi connectivity index (χ2v) is 5.90. The van der Waals surface area contributed by atoms with E-state index in [1.165, 1.54) is 6.20 Å². The molecule has 0 saturated heterocycles. The molecule has 2 N–H and O–H groups in total. The van der Waals surface area contributed by atoms with Gasteiger partial charge < -0.3 is 14.4 Å². The summed E-state index contributed by atoms with van der Waals surface area (Å²) in [4.78, 5) is 14.8. The summed E-state index contributed by atoms with van der Waals surface area (Å²) in [5.41, 5.74) is 3.81. The topological polar surface area (TPSA) is 82.4 Å². The molecular weight excluding hydrogens is 306 g/mol. The number of aliphatic hydroxyl groups is 1. The molecule has 0 aliphatic carbocycles. The van der Waals surface area contributed by atoms with Gasteiger partial charge in [0.15, 0.2) is 0 Å². The van der Waals surface area contributed by atoms with Crippen LogP contribution in [0.15, 0.2) is 53.5 Å². The van der Waals surface area contributed by atoms with Crippen molar-refractivity contribution in [3.05, 3.63) is 65.7 Å². The molecule has 122 valence electrons. The molecular formula is C18H17N3O3. The van der Waals surface area contributed by atoms with Crippen LogP contribution in [0, 0.1) is 0 Å². The van der Waals surface area contributed by atoms with Crippen LogP contribution in [0.3, 0.4) is 0 Å². The van der Waals surface area contributed by atoms with Gasteiger partial charge in [-0.05, 0) is 23.6 Å². The fourth-order valence-corrected chi connectivity index (χ4v) is 3.14. The molecule has 3 aromatic rings. The summed E-state index contributed by atoms with van der Waals surface area (Å²) in [6, 6.07) is 9.49. The van der Waals surface area contributed by atoms with Crippen molar-refractivity contribution >= 4 is 5.91 Å². The van der Waals surface area contributed by atoms with E-state index in [1.54, 1.807) is 23.5 Å². The lowest BCUT2D eigenvalue weighted by Crippen LogP contribution is -2.31. The Morgan fingerprint density at radius 3 is 3.04 bits per heavy atom. The van der Waals surface area contributed by atoms with E-state index in [0.717, 1.165) is 16.7 Å². The monoisotopic (exact) mass is 323 g/mol. The number of carbonyl (C=O) groups is 1. The predicted molar refractivity (Wildman–Crippen MR) is 87.0 cm³/mol. The third kappa shape index (κ3) is 2.51. The molecule has 1 amide bonds. The Morgan fingerprint density at radius 2 is 2.21 bits per heavy atom. The third-order valence-corrected chi connectivity index (χ3v) is 4.41. The molecule has 6 heteroatoms. The van der Waals surface area contributed by atoms with Gasteiger partial charge in [-0.1, -0.05) is 24.3 Å². The molecule has 0 radical (unpaired) electrons. The van der Waals surface area contributed by atoms with E-state index in [-0.39, 0.29) is 5.91 Å². The molecule has 24 heavy (non-hydrogen) atoms. The normalized spacial score (nSPS) is 17.4. The lowest BCUT2D eigenvalue weighted by molar-refractivity contribution is 0.0724. The first-order valence-electron chi connectivity index (χ1n) is 7.85. The molecule has 1 unspecified atom stereocenters. The number of H-pyrrole nitrogens is 1. The van der Waals surface area contributed by atoms with Crippen molar-refractivity contribution in [1.82, 2.24) is 15.1 Å². The Hall–Kier alpha value is -2.86. The van der Waals surface area contributed by atoms with Crippen molar-refractivity contribution in [2.24, 2.45) is 0 Å². The molecule has 4 rings (SSSR count). The maximum Gasteiger partial charge on any atom is 0.257 e. The van der Waals surface area contributed by atoms with Crippen molar-refractivity contribution in [1.29, 1.82) is 0 Å². The lowest BCUT2D eigenvalue weighted by Gasteiger charge is -2.20. The van der Waals surface area contributed by atoms with Crippen LogP contribution in [0.5, 0.6) is 0 Å². The molecule has 0 saturated carbocycles. The van der Waals surface area contributed by atoms with Gasteiger partial charge in [-0.3, -0.25) is 9.89 Å². The van der Waals surface area contributed by atoms with Gasteiger partial charge in [0.25, 0.3) is 5.91 Å². The Kier molecular flexibility index (Phi) is 3.66. The summed E-state index contributed by atoms with van der Waals surface area (Å²) in [6.07, 6.45) is 4.64. The number of carbonyl (C=O) groups excluding carboxylic acids is 1. The molecule has 2 aromatic heterocycles. The number of aromatic nitrogens is 2. The van der Waals surface area contributed by atoms with Crippen molar-refractivity contribution < 1.29 is 14.3 Å². The number of amides is 1. The van der Waals surface area contributed by atoms with E-state index >= 15 is 0 Å². The highest BCUT2D eigenvalue weighted by molar-refractivity contribution is 5.99. The average Bonchev–Trinajstić information content (AvgIpc) is 3.25. The van der Waals surface area contributed by atoms with Gasteiger partial charge in [0.1, 0.15) is 0 Å². The molecule has 3 heterocycles. The highest BCUT2D eigenvalue weighted by atomic mass is 16.3. The summed E-state index contributed by atoms with van der Waals surface area (Å²) < 4.78 is 5.09.